The minimum absolute atomic E-state index is 0.0419. The van der Waals surface area contributed by atoms with Gasteiger partial charge in [-0.2, -0.15) is 5.26 Å². The van der Waals surface area contributed by atoms with Crippen LogP contribution >= 0.6 is 11.6 Å². The van der Waals surface area contributed by atoms with Crippen molar-refractivity contribution < 1.29 is 9.15 Å². The van der Waals surface area contributed by atoms with E-state index < -0.39 is 5.92 Å². The van der Waals surface area contributed by atoms with Gasteiger partial charge < -0.3 is 14.9 Å². The summed E-state index contributed by atoms with van der Waals surface area (Å²) in [6, 6.07) is 13.3. The first-order valence-electron chi connectivity index (χ1n) is 8.63. The maximum Gasteiger partial charge on any atom is 0.244 e. The van der Waals surface area contributed by atoms with Crippen molar-refractivity contribution in [1.29, 1.82) is 5.26 Å². The van der Waals surface area contributed by atoms with E-state index in [0.29, 0.717) is 28.0 Å². The molecule has 0 aliphatic carbocycles. The number of rotatable bonds is 4. The Hall–Kier alpha value is -3.17. The Kier molecular flexibility index (Phi) is 4.38. The van der Waals surface area contributed by atoms with Crippen molar-refractivity contribution >= 4 is 11.6 Å². The van der Waals surface area contributed by atoms with Crippen molar-refractivity contribution in [2.24, 2.45) is 5.73 Å². The number of nitrogens with one attached hydrogen (secondary N) is 1. The minimum atomic E-state index is -0.477. The Bertz CT molecular complexity index is 1070. The van der Waals surface area contributed by atoms with Gasteiger partial charge in [0.2, 0.25) is 11.8 Å². The monoisotopic (exact) mass is 380 g/mol. The van der Waals surface area contributed by atoms with E-state index >= 15 is 0 Å². The smallest absolute Gasteiger partial charge is 0.244 e. The zero-order valence-electron chi connectivity index (χ0n) is 14.6. The van der Waals surface area contributed by atoms with Gasteiger partial charge in [-0.1, -0.05) is 37.1 Å². The Morgan fingerprint density at radius 1 is 1.30 bits per heavy atom. The van der Waals surface area contributed by atoms with Gasteiger partial charge in [0.1, 0.15) is 23.2 Å². The molecule has 2 aromatic heterocycles. The van der Waals surface area contributed by atoms with Gasteiger partial charge in [-0.3, -0.25) is 5.10 Å². The molecule has 0 radical (unpaired) electrons. The molecule has 6 nitrogen and oxygen atoms in total. The van der Waals surface area contributed by atoms with Crippen LogP contribution in [0.15, 0.2) is 52.3 Å². The molecule has 1 aromatic carbocycles. The van der Waals surface area contributed by atoms with Crippen LogP contribution in [0, 0.1) is 11.3 Å². The second kappa shape index (κ2) is 6.86. The quantitative estimate of drug-likeness (QED) is 0.694. The fraction of sp³-hybridized carbons (Fsp3) is 0.200. The number of halogens is 1. The van der Waals surface area contributed by atoms with Gasteiger partial charge in [-0.05, 0) is 30.7 Å². The molecule has 3 N–H and O–H groups in total. The van der Waals surface area contributed by atoms with E-state index in [1.54, 1.807) is 6.07 Å². The highest BCUT2D eigenvalue weighted by Gasteiger charge is 2.37. The molecule has 1 atom stereocenters. The summed E-state index contributed by atoms with van der Waals surface area (Å²) in [6.07, 6.45) is 1.70. The number of hydrogen-bond acceptors (Lipinski definition) is 5. The van der Waals surface area contributed by atoms with E-state index in [0.717, 1.165) is 29.7 Å². The molecule has 27 heavy (non-hydrogen) atoms. The van der Waals surface area contributed by atoms with Crippen LogP contribution in [-0.2, 0) is 6.42 Å². The first-order chi connectivity index (χ1) is 13.1. The fourth-order valence-corrected chi connectivity index (χ4v) is 3.58. The molecule has 0 bridgehead atoms. The number of allylic oxidation sites excluding steroid dienone is 1. The average molecular weight is 381 g/mol. The zero-order chi connectivity index (χ0) is 19.0. The third-order valence-corrected chi connectivity index (χ3v) is 4.90. The summed E-state index contributed by atoms with van der Waals surface area (Å²) in [4.78, 5) is 0. The summed E-state index contributed by atoms with van der Waals surface area (Å²) in [5.74, 6) is 1.17. The standard InChI is InChI=1S/C20H17ClN4O2/c1-2-5-14-18-17(12(10-22)19(23)27-20(18)25-24-14)16-9-8-15(26-16)11-6-3-4-7-13(11)21/h3-4,6-9,17H,2,5,23H2,1H3,(H,24,25). The van der Waals surface area contributed by atoms with Crippen LogP contribution in [-0.4, -0.2) is 10.2 Å². The van der Waals surface area contributed by atoms with Crippen LogP contribution < -0.4 is 10.5 Å². The van der Waals surface area contributed by atoms with Crippen molar-refractivity contribution in [2.45, 2.75) is 25.7 Å². The maximum atomic E-state index is 9.68. The molecular weight excluding hydrogens is 364 g/mol. The summed E-state index contributed by atoms with van der Waals surface area (Å²) >= 11 is 6.29. The Labute approximate surface area is 161 Å². The molecule has 0 saturated carbocycles. The van der Waals surface area contributed by atoms with Crippen molar-refractivity contribution in [1.82, 2.24) is 10.2 Å². The summed E-state index contributed by atoms with van der Waals surface area (Å²) in [5, 5.41) is 17.5. The van der Waals surface area contributed by atoms with Crippen LogP contribution in [0.4, 0.5) is 0 Å². The van der Waals surface area contributed by atoms with Gasteiger partial charge in [-0.15, -0.1) is 5.10 Å². The molecule has 1 aliphatic rings. The number of furan rings is 1. The van der Waals surface area contributed by atoms with Gasteiger partial charge in [-0.25, -0.2) is 0 Å². The van der Waals surface area contributed by atoms with E-state index in [2.05, 4.69) is 23.2 Å². The molecule has 136 valence electrons. The normalized spacial score (nSPS) is 16.0. The average Bonchev–Trinajstić information content (AvgIpc) is 3.29. The number of ether oxygens (including phenoxy) is 1. The molecule has 3 heterocycles. The third-order valence-electron chi connectivity index (χ3n) is 4.57. The van der Waals surface area contributed by atoms with Crippen molar-refractivity contribution in [3.63, 3.8) is 0 Å². The molecule has 3 aromatic rings. The molecule has 0 fully saturated rings. The lowest BCUT2D eigenvalue weighted by atomic mass is 9.87. The van der Waals surface area contributed by atoms with E-state index in [9.17, 15) is 5.26 Å². The summed E-state index contributed by atoms with van der Waals surface area (Å²) in [6.45, 7) is 2.07. The number of aromatic nitrogens is 2. The predicted molar refractivity (Wildman–Crippen MR) is 101 cm³/mol. The van der Waals surface area contributed by atoms with E-state index in [4.69, 9.17) is 26.5 Å². The second-order valence-electron chi connectivity index (χ2n) is 6.28. The number of nitrogens with two attached hydrogens (primary N) is 1. The number of nitrogens with zero attached hydrogens (tertiary/aromatic N) is 2. The van der Waals surface area contributed by atoms with Gasteiger partial charge in [0.25, 0.3) is 0 Å². The van der Waals surface area contributed by atoms with E-state index in [1.807, 2.05) is 30.3 Å². The number of aryl methyl sites for hydroxylation is 1. The Morgan fingerprint density at radius 3 is 2.85 bits per heavy atom. The molecule has 1 aliphatic heterocycles. The fourth-order valence-electron chi connectivity index (χ4n) is 3.35. The van der Waals surface area contributed by atoms with E-state index in [1.165, 1.54) is 0 Å². The van der Waals surface area contributed by atoms with Gasteiger partial charge in [0.05, 0.1) is 16.5 Å². The molecule has 1 unspecified atom stereocenters. The maximum absolute atomic E-state index is 9.68. The van der Waals surface area contributed by atoms with E-state index in [-0.39, 0.29) is 5.88 Å². The van der Waals surface area contributed by atoms with Gasteiger partial charge in [0.15, 0.2) is 0 Å². The number of benzene rings is 1. The topological polar surface area (TPSA) is 101 Å². The first kappa shape index (κ1) is 17.3. The Morgan fingerprint density at radius 2 is 2.11 bits per heavy atom. The molecule has 7 heteroatoms. The summed E-state index contributed by atoms with van der Waals surface area (Å²) < 4.78 is 11.7. The largest absolute Gasteiger partial charge is 0.460 e. The summed E-state index contributed by atoms with van der Waals surface area (Å²) in [5.41, 5.74) is 8.77. The van der Waals surface area contributed by atoms with Crippen LogP contribution in [0.3, 0.4) is 0 Å². The van der Waals surface area contributed by atoms with Crippen LogP contribution in [0.2, 0.25) is 5.02 Å². The van der Waals surface area contributed by atoms with Crippen molar-refractivity contribution in [2.75, 3.05) is 0 Å². The Balaban J connectivity index is 1.85. The molecular formula is C20H17ClN4O2. The number of H-pyrrole nitrogens is 1. The molecule has 0 spiro atoms. The highest BCUT2D eigenvalue weighted by atomic mass is 35.5. The number of aromatic amines is 1. The van der Waals surface area contributed by atoms with Crippen LogP contribution in [0.25, 0.3) is 11.3 Å². The lowest BCUT2D eigenvalue weighted by molar-refractivity contribution is 0.371. The molecule has 0 saturated heterocycles. The number of hydrogen-bond donors (Lipinski definition) is 2. The van der Waals surface area contributed by atoms with Crippen molar-refractivity contribution in [3.05, 3.63) is 69.9 Å². The lowest BCUT2D eigenvalue weighted by Crippen LogP contribution is -2.21. The molecule has 4 rings (SSSR count). The number of fused-ring (bicyclic) bond motifs is 1. The second-order valence-corrected chi connectivity index (χ2v) is 6.68. The summed E-state index contributed by atoms with van der Waals surface area (Å²) in [7, 11) is 0. The lowest BCUT2D eigenvalue weighted by Gasteiger charge is -2.22. The van der Waals surface area contributed by atoms with Crippen molar-refractivity contribution in [3.8, 4) is 23.3 Å². The third kappa shape index (κ3) is 2.86. The highest BCUT2D eigenvalue weighted by molar-refractivity contribution is 6.33. The van der Waals surface area contributed by atoms with Gasteiger partial charge in [0, 0.05) is 11.3 Å². The van der Waals surface area contributed by atoms with Crippen LogP contribution in [0.5, 0.6) is 5.88 Å². The minimum Gasteiger partial charge on any atom is -0.460 e. The van der Waals surface area contributed by atoms with Crippen LogP contribution in [0.1, 0.15) is 36.3 Å². The predicted octanol–water partition coefficient (Wildman–Crippen LogP) is 4.49. The zero-order valence-corrected chi connectivity index (χ0v) is 15.4. The molecule has 0 amide bonds. The first-order valence-corrected chi connectivity index (χ1v) is 9.01. The number of nitriles is 1. The SMILES string of the molecule is CCCc1[nH]nc2c1C(c1ccc(-c3ccccc3Cl)o1)C(C#N)=C(N)O2. The highest BCUT2D eigenvalue weighted by Crippen LogP contribution is 2.44. The van der Waals surface area contributed by atoms with Gasteiger partial charge >= 0.3 is 0 Å².